The van der Waals surface area contributed by atoms with E-state index in [4.69, 9.17) is 27.7 Å². The van der Waals surface area contributed by atoms with Crippen LogP contribution in [0.5, 0.6) is 0 Å². The topological polar surface area (TPSA) is 58.3 Å². The van der Waals surface area contributed by atoms with Crippen LogP contribution in [0.4, 0.5) is 0 Å². The number of aliphatic hydroxyl groups excluding tert-OH is 1. The summed E-state index contributed by atoms with van der Waals surface area (Å²) in [7, 11) is 0. The standard InChI is InChI=1S/C13H11Cl2NO2.C7H13N/c14-9-2-1-3-10(15)11(9)12-8(6-17)13(18-16-12)7-4-5-7;1-2-6-4-8-5-7(6)3-1/h1-3,7,17H,4-6H2;6-8H,1-5H2/t;6-,7?/m.0/s1. The Kier molecular flexibility index (Phi) is 5.55. The normalized spacial score (nSPS) is 24.3. The van der Waals surface area contributed by atoms with Crippen LogP contribution in [-0.2, 0) is 6.61 Å². The largest absolute Gasteiger partial charge is 0.391 e. The summed E-state index contributed by atoms with van der Waals surface area (Å²) >= 11 is 12.3. The first kappa shape index (κ1) is 18.3. The molecular formula is C20H24Cl2N2O2. The lowest BCUT2D eigenvalue weighted by Crippen LogP contribution is -2.08. The molecule has 2 aliphatic carbocycles. The Morgan fingerprint density at radius 1 is 1.08 bits per heavy atom. The van der Waals surface area contributed by atoms with Crippen molar-refractivity contribution in [2.75, 3.05) is 13.1 Å². The fourth-order valence-electron chi connectivity index (χ4n) is 4.17. The summed E-state index contributed by atoms with van der Waals surface area (Å²) in [4.78, 5) is 0. The van der Waals surface area contributed by atoms with Gasteiger partial charge in [-0.1, -0.05) is 40.8 Å². The maximum atomic E-state index is 9.52. The average Bonchev–Trinajstić information content (AvgIpc) is 3.03. The highest BCUT2D eigenvalue weighted by Crippen LogP contribution is 2.45. The molecule has 140 valence electrons. The van der Waals surface area contributed by atoms with Gasteiger partial charge in [0.2, 0.25) is 0 Å². The highest BCUT2D eigenvalue weighted by atomic mass is 35.5. The second kappa shape index (κ2) is 7.89. The Hall–Kier alpha value is -1.07. The average molecular weight is 395 g/mol. The van der Waals surface area contributed by atoms with Gasteiger partial charge < -0.3 is 14.9 Å². The molecular weight excluding hydrogens is 371 g/mol. The molecule has 0 radical (unpaired) electrons. The van der Waals surface area contributed by atoms with Crippen molar-refractivity contribution in [2.24, 2.45) is 11.8 Å². The molecule has 0 spiro atoms. The van der Waals surface area contributed by atoms with Crippen molar-refractivity contribution >= 4 is 23.2 Å². The van der Waals surface area contributed by atoms with Gasteiger partial charge in [0, 0.05) is 17.0 Å². The maximum Gasteiger partial charge on any atom is 0.145 e. The van der Waals surface area contributed by atoms with Crippen molar-refractivity contribution < 1.29 is 9.63 Å². The van der Waals surface area contributed by atoms with Crippen LogP contribution in [0.25, 0.3) is 11.3 Å². The molecule has 26 heavy (non-hydrogen) atoms. The number of aromatic nitrogens is 1. The van der Waals surface area contributed by atoms with Crippen molar-refractivity contribution in [2.45, 2.75) is 44.6 Å². The summed E-state index contributed by atoms with van der Waals surface area (Å²) in [6.07, 6.45) is 6.65. The highest BCUT2D eigenvalue weighted by molar-refractivity contribution is 6.39. The number of hydrogen-bond donors (Lipinski definition) is 2. The Labute approximate surface area is 163 Å². The summed E-state index contributed by atoms with van der Waals surface area (Å²) in [6, 6.07) is 5.26. The van der Waals surface area contributed by atoms with Gasteiger partial charge in [-0.05, 0) is 62.7 Å². The van der Waals surface area contributed by atoms with E-state index >= 15 is 0 Å². The molecule has 5 rings (SSSR count). The van der Waals surface area contributed by atoms with Crippen molar-refractivity contribution in [3.8, 4) is 11.3 Å². The third kappa shape index (κ3) is 3.65. The van der Waals surface area contributed by atoms with Gasteiger partial charge in [0.1, 0.15) is 11.5 Å². The summed E-state index contributed by atoms with van der Waals surface area (Å²) in [5.74, 6) is 3.28. The van der Waals surface area contributed by atoms with Crippen molar-refractivity contribution in [1.82, 2.24) is 10.5 Å². The second-order valence-electron chi connectivity index (χ2n) is 7.51. The zero-order valence-electron chi connectivity index (χ0n) is 14.7. The molecule has 2 atom stereocenters. The molecule has 0 bridgehead atoms. The number of benzene rings is 1. The predicted molar refractivity (Wildman–Crippen MR) is 104 cm³/mol. The molecule has 2 aromatic rings. The van der Waals surface area contributed by atoms with E-state index in [0.29, 0.717) is 32.8 Å². The molecule has 3 aliphatic rings. The fourth-order valence-corrected chi connectivity index (χ4v) is 4.74. The molecule has 1 aromatic heterocycles. The number of halogens is 2. The zero-order valence-corrected chi connectivity index (χ0v) is 16.2. The summed E-state index contributed by atoms with van der Waals surface area (Å²) < 4.78 is 5.35. The lowest BCUT2D eigenvalue weighted by Gasteiger charge is -2.05. The van der Waals surface area contributed by atoms with E-state index in [1.807, 2.05) is 0 Å². The van der Waals surface area contributed by atoms with Gasteiger partial charge in [-0.15, -0.1) is 0 Å². The second-order valence-corrected chi connectivity index (χ2v) is 8.33. The summed E-state index contributed by atoms with van der Waals surface area (Å²) in [5, 5.41) is 18.0. The Morgan fingerprint density at radius 2 is 1.73 bits per heavy atom. The van der Waals surface area contributed by atoms with Gasteiger partial charge in [-0.25, -0.2) is 0 Å². The minimum atomic E-state index is -0.119. The van der Waals surface area contributed by atoms with E-state index < -0.39 is 0 Å². The van der Waals surface area contributed by atoms with Crippen LogP contribution in [0.2, 0.25) is 10.0 Å². The molecule has 2 heterocycles. The summed E-state index contributed by atoms with van der Waals surface area (Å²) in [5.41, 5.74) is 1.88. The third-order valence-corrected chi connectivity index (χ3v) is 6.38. The fraction of sp³-hybridized carbons (Fsp3) is 0.550. The van der Waals surface area contributed by atoms with E-state index in [0.717, 1.165) is 30.4 Å². The number of rotatable bonds is 3. The number of fused-ring (bicyclic) bond motifs is 1. The van der Waals surface area contributed by atoms with Gasteiger partial charge in [-0.3, -0.25) is 0 Å². The molecule has 6 heteroatoms. The predicted octanol–water partition coefficient (Wildman–Crippen LogP) is 5.02. The number of aliphatic hydroxyl groups is 1. The molecule has 0 amide bonds. The minimum Gasteiger partial charge on any atom is -0.391 e. The quantitative estimate of drug-likeness (QED) is 0.766. The van der Waals surface area contributed by atoms with Crippen LogP contribution in [-0.4, -0.2) is 23.4 Å². The van der Waals surface area contributed by atoms with Gasteiger partial charge in [0.05, 0.1) is 16.7 Å². The van der Waals surface area contributed by atoms with Crippen LogP contribution in [0.1, 0.15) is 49.3 Å². The summed E-state index contributed by atoms with van der Waals surface area (Å²) in [6.45, 7) is 2.50. The Morgan fingerprint density at radius 3 is 2.31 bits per heavy atom. The van der Waals surface area contributed by atoms with Crippen molar-refractivity contribution in [1.29, 1.82) is 0 Å². The maximum absolute atomic E-state index is 9.52. The molecule has 3 fully saturated rings. The first-order valence-corrected chi connectivity index (χ1v) is 10.2. The van der Waals surface area contributed by atoms with Crippen LogP contribution in [0.15, 0.2) is 22.7 Å². The van der Waals surface area contributed by atoms with E-state index in [2.05, 4.69) is 10.5 Å². The molecule has 4 nitrogen and oxygen atoms in total. The number of nitrogens with one attached hydrogen (secondary N) is 1. The lowest BCUT2D eigenvalue weighted by molar-refractivity contribution is 0.277. The zero-order chi connectivity index (χ0) is 18.1. The van der Waals surface area contributed by atoms with Crippen LogP contribution >= 0.6 is 23.2 Å². The van der Waals surface area contributed by atoms with Crippen LogP contribution < -0.4 is 5.32 Å². The third-order valence-electron chi connectivity index (χ3n) is 5.75. The van der Waals surface area contributed by atoms with Crippen molar-refractivity contribution in [3.63, 3.8) is 0 Å². The van der Waals surface area contributed by atoms with Gasteiger partial charge in [0.15, 0.2) is 0 Å². The van der Waals surface area contributed by atoms with Crippen molar-refractivity contribution in [3.05, 3.63) is 39.6 Å². The smallest absolute Gasteiger partial charge is 0.145 e. The van der Waals surface area contributed by atoms with E-state index in [1.165, 1.54) is 32.4 Å². The van der Waals surface area contributed by atoms with Gasteiger partial charge >= 0.3 is 0 Å². The van der Waals surface area contributed by atoms with Gasteiger partial charge in [0.25, 0.3) is 0 Å². The first-order chi connectivity index (χ1) is 12.7. The Bertz CT molecular complexity index is 733. The number of nitrogens with zero attached hydrogens (tertiary/aromatic N) is 1. The SMILES string of the molecule is C1CC2CNC[C@@H]2C1.OCc1c(-c2c(Cl)cccc2Cl)noc1C1CC1. The van der Waals surface area contributed by atoms with E-state index in [1.54, 1.807) is 18.2 Å². The minimum absolute atomic E-state index is 0.119. The molecule has 1 unspecified atom stereocenters. The first-order valence-electron chi connectivity index (χ1n) is 9.43. The lowest BCUT2D eigenvalue weighted by atomic mass is 10.0. The molecule has 1 aliphatic heterocycles. The monoisotopic (exact) mass is 394 g/mol. The van der Waals surface area contributed by atoms with E-state index in [9.17, 15) is 5.11 Å². The number of hydrogen-bond acceptors (Lipinski definition) is 4. The molecule has 2 N–H and O–H groups in total. The van der Waals surface area contributed by atoms with Crippen LogP contribution in [0.3, 0.4) is 0 Å². The highest BCUT2D eigenvalue weighted by Gasteiger charge is 2.33. The molecule has 1 saturated heterocycles. The Balaban J connectivity index is 0.000000174. The van der Waals surface area contributed by atoms with Gasteiger partial charge in [-0.2, -0.15) is 0 Å². The molecule has 1 aromatic carbocycles. The van der Waals surface area contributed by atoms with Crippen LogP contribution in [0, 0.1) is 11.8 Å². The molecule has 2 saturated carbocycles. The van der Waals surface area contributed by atoms with E-state index in [-0.39, 0.29) is 6.61 Å².